The van der Waals surface area contributed by atoms with E-state index in [1.165, 1.54) is 0 Å². The molecule has 0 bridgehead atoms. The first-order chi connectivity index (χ1) is 5.72. The molecule has 12 heavy (non-hydrogen) atoms. The summed E-state index contributed by atoms with van der Waals surface area (Å²) in [5, 5.41) is 0. The quantitative estimate of drug-likeness (QED) is 0.693. The van der Waals surface area contributed by atoms with Crippen molar-refractivity contribution in [2.75, 3.05) is 0 Å². The van der Waals surface area contributed by atoms with Gasteiger partial charge in [-0.3, -0.25) is 9.97 Å². The van der Waals surface area contributed by atoms with Crippen LogP contribution in [0.25, 0.3) is 0 Å². The minimum absolute atomic E-state index is 0.485. The van der Waals surface area contributed by atoms with Gasteiger partial charge in [-0.2, -0.15) is 0 Å². The van der Waals surface area contributed by atoms with Crippen LogP contribution >= 0.6 is 0 Å². The Hall–Kier alpha value is -0.401. The van der Waals surface area contributed by atoms with Crippen molar-refractivity contribution in [2.24, 2.45) is 0 Å². The zero-order valence-corrected chi connectivity index (χ0v) is 9.83. The molecule has 1 heterocycles. The van der Waals surface area contributed by atoms with Gasteiger partial charge < -0.3 is 0 Å². The minimum atomic E-state index is 0.485. The molecule has 0 radical (unpaired) electrons. The Morgan fingerprint density at radius 2 is 1.83 bits per heavy atom. The third-order valence-corrected chi connectivity index (χ3v) is 1.17. The first-order valence-electron chi connectivity index (χ1n) is 3.88. The molecule has 0 aliphatic rings. The predicted molar refractivity (Wildman–Crippen MR) is 53.6 cm³/mol. The molecule has 0 spiro atoms. The van der Waals surface area contributed by atoms with Gasteiger partial charge in [-0.05, 0) is 5.92 Å². The standard InChI is InChI=1S/C7H10N2.C2H6Se/c1-6(2)7-5-8-3-4-9-7;1-3-2/h3-6H,1-2H3;1-2H3. The molecule has 1 aromatic rings. The Labute approximate surface area is 81.0 Å². The van der Waals surface area contributed by atoms with Gasteiger partial charge in [0.1, 0.15) is 0 Å². The Kier molecular flexibility index (Phi) is 7.02. The molecule has 0 N–H and O–H groups in total. The zero-order valence-electron chi connectivity index (χ0n) is 8.11. The van der Waals surface area contributed by atoms with Gasteiger partial charge >= 0.3 is 26.6 Å². The second kappa shape index (κ2) is 7.26. The Bertz CT molecular complexity index is 187. The van der Waals surface area contributed by atoms with Crippen LogP contribution in [0.5, 0.6) is 0 Å². The van der Waals surface area contributed by atoms with E-state index < -0.39 is 0 Å². The Morgan fingerprint density at radius 1 is 1.25 bits per heavy atom. The normalized spacial score (nSPS) is 9.08. The van der Waals surface area contributed by atoms with Gasteiger partial charge in [-0.1, -0.05) is 13.8 Å². The fourth-order valence-corrected chi connectivity index (χ4v) is 0.609. The van der Waals surface area contributed by atoms with Crippen LogP contribution in [-0.2, 0) is 0 Å². The van der Waals surface area contributed by atoms with Crippen molar-refractivity contribution in [1.29, 1.82) is 0 Å². The van der Waals surface area contributed by atoms with Gasteiger partial charge in [-0.15, -0.1) is 0 Å². The Balaban J connectivity index is 0.000000354. The molecule has 0 unspecified atom stereocenters. The topological polar surface area (TPSA) is 25.8 Å². The molecule has 0 amide bonds. The van der Waals surface area contributed by atoms with Crippen LogP contribution in [-0.4, -0.2) is 24.9 Å². The number of rotatable bonds is 1. The summed E-state index contributed by atoms with van der Waals surface area (Å²) >= 11 is 0.875. The van der Waals surface area contributed by atoms with Gasteiger partial charge in [-0.25, -0.2) is 0 Å². The molecule has 0 atom stereocenters. The number of aromatic nitrogens is 2. The van der Waals surface area contributed by atoms with E-state index in [0.717, 1.165) is 20.7 Å². The van der Waals surface area contributed by atoms with Crippen LogP contribution in [0.1, 0.15) is 25.5 Å². The van der Waals surface area contributed by atoms with Gasteiger partial charge in [0.2, 0.25) is 0 Å². The van der Waals surface area contributed by atoms with Crippen LogP contribution < -0.4 is 0 Å². The molecular formula is C9H16N2Se. The van der Waals surface area contributed by atoms with E-state index >= 15 is 0 Å². The average molecular weight is 231 g/mol. The van der Waals surface area contributed by atoms with E-state index in [9.17, 15) is 0 Å². The van der Waals surface area contributed by atoms with Gasteiger partial charge in [0.05, 0.1) is 5.69 Å². The summed E-state index contributed by atoms with van der Waals surface area (Å²) in [6.45, 7) is 4.20. The van der Waals surface area contributed by atoms with E-state index in [-0.39, 0.29) is 0 Å². The van der Waals surface area contributed by atoms with Crippen molar-refractivity contribution >= 4 is 15.0 Å². The molecule has 0 fully saturated rings. The van der Waals surface area contributed by atoms with Crippen LogP contribution in [0.4, 0.5) is 0 Å². The van der Waals surface area contributed by atoms with E-state index in [0.29, 0.717) is 5.92 Å². The summed E-state index contributed by atoms with van der Waals surface area (Å²) < 4.78 is 0. The molecule has 68 valence electrons. The number of hydrogen-bond acceptors (Lipinski definition) is 2. The number of hydrogen-bond donors (Lipinski definition) is 0. The molecule has 1 aromatic heterocycles. The van der Waals surface area contributed by atoms with E-state index in [4.69, 9.17) is 0 Å². The van der Waals surface area contributed by atoms with Crippen molar-refractivity contribution < 1.29 is 0 Å². The third kappa shape index (κ3) is 5.28. The number of nitrogens with zero attached hydrogens (tertiary/aromatic N) is 2. The summed E-state index contributed by atoms with van der Waals surface area (Å²) in [5.41, 5.74) is 1.05. The van der Waals surface area contributed by atoms with Crippen LogP contribution in [0.3, 0.4) is 0 Å². The molecule has 2 nitrogen and oxygen atoms in total. The van der Waals surface area contributed by atoms with Crippen LogP contribution in [0.2, 0.25) is 11.6 Å². The van der Waals surface area contributed by atoms with Crippen molar-refractivity contribution in [3.8, 4) is 0 Å². The van der Waals surface area contributed by atoms with Gasteiger partial charge in [0.15, 0.2) is 0 Å². The first-order valence-corrected chi connectivity index (χ1v) is 7.31. The summed E-state index contributed by atoms with van der Waals surface area (Å²) in [4.78, 5) is 8.06. The van der Waals surface area contributed by atoms with Crippen molar-refractivity contribution in [1.82, 2.24) is 9.97 Å². The first kappa shape index (κ1) is 11.6. The van der Waals surface area contributed by atoms with Crippen LogP contribution in [0.15, 0.2) is 18.6 Å². The molecular weight excluding hydrogens is 215 g/mol. The second-order valence-electron chi connectivity index (χ2n) is 2.69. The van der Waals surface area contributed by atoms with Crippen molar-refractivity contribution in [2.45, 2.75) is 31.4 Å². The zero-order chi connectivity index (χ0) is 9.40. The monoisotopic (exact) mass is 232 g/mol. The molecule has 1 rings (SSSR count). The average Bonchev–Trinajstić information content (AvgIpc) is 2.07. The molecule has 0 aliphatic carbocycles. The molecule has 0 saturated heterocycles. The van der Waals surface area contributed by atoms with Crippen molar-refractivity contribution in [3.05, 3.63) is 24.3 Å². The SMILES string of the molecule is CC(C)c1cnccn1.C[Se]C. The van der Waals surface area contributed by atoms with Gasteiger partial charge in [0, 0.05) is 18.6 Å². The summed E-state index contributed by atoms with van der Waals surface area (Å²) in [6, 6.07) is 0. The molecule has 3 heteroatoms. The third-order valence-electron chi connectivity index (χ3n) is 1.17. The van der Waals surface area contributed by atoms with E-state index in [1.54, 1.807) is 18.6 Å². The predicted octanol–water partition coefficient (Wildman–Crippen LogP) is 2.39. The maximum atomic E-state index is 4.12. The summed E-state index contributed by atoms with van der Waals surface area (Å²) in [5.74, 6) is 4.86. The molecule has 0 aromatic carbocycles. The molecule has 0 aliphatic heterocycles. The van der Waals surface area contributed by atoms with E-state index in [2.05, 4.69) is 35.5 Å². The fraction of sp³-hybridized carbons (Fsp3) is 0.556. The second-order valence-corrected chi connectivity index (χ2v) is 4.41. The van der Waals surface area contributed by atoms with E-state index in [1.807, 2.05) is 0 Å². The summed E-state index contributed by atoms with van der Waals surface area (Å²) in [6.07, 6.45) is 5.20. The van der Waals surface area contributed by atoms with Gasteiger partial charge in [0.25, 0.3) is 0 Å². The van der Waals surface area contributed by atoms with Crippen molar-refractivity contribution in [3.63, 3.8) is 0 Å². The fourth-order valence-electron chi connectivity index (χ4n) is 0.609. The summed E-state index contributed by atoms with van der Waals surface area (Å²) in [7, 11) is 0. The van der Waals surface area contributed by atoms with Crippen LogP contribution in [0, 0.1) is 0 Å². The maximum absolute atomic E-state index is 4.12. The Morgan fingerprint density at radius 3 is 2.08 bits per heavy atom. The molecule has 0 saturated carbocycles.